The predicted octanol–water partition coefficient (Wildman–Crippen LogP) is -1.16. The van der Waals surface area contributed by atoms with E-state index in [0.29, 0.717) is 0 Å². The van der Waals surface area contributed by atoms with Crippen LogP contribution in [0, 0.1) is 10.1 Å². The highest BCUT2D eigenvalue weighted by Gasteiger charge is 2.37. The first kappa shape index (κ1) is 9.20. The summed E-state index contributed by atoms with van der Waals surface area (Å²) in [5.41, 5.74) is 0. The molecule has 0 aliphatic carbocycles. The Morgan fingerprint density at radius 2 is 2.08 bits per heavy atom. The molecule has 0 bridgehead atoms. The van der Waals surface area contributed by atoms with Crippen molar-refractivity contribution in [1.29, 1.82) is 0 Å². The van der Waals surface area contributed by atoms with Crippen LogP contribution in [-0.4, -0.2) is 43.9 Å². The largest absolute Gasteiger partial charge is 0.264 e. The highest BCUT2D eigenvalue weighted by molar-refractivity contribution is 7.86. The summed E-state index contributed by atoms with van der Waals surface area (Å²) in [4.78, 5) is 10.0. The molecule has 0 aromatic rings. The Kier molecular flexibility index (Phi) is 2.20. The fourth-order valence-electron chi connectivity index (χ4n) is 0.858. The Labute approximate surface area is 69.2 Å². The van der Waals surface area contributed by atoms with E-state index in [0.717, 1.165) is 11.3 Å². The maximum atomic E-state index is 10.5. The Hall–Kier alpha value is -0.890. The van der Waals surface area contributed by atoms with Crippen LogP contribution in [0.1, 0.15) is 0 Å². The average Bonchev–Trinajstić information content (AvgIpc) is 1.74. The van der Waals surface area contributed by atoms with Crippen molar-refractivity contribution in [3.8, 4) is 0 Å². The molecule has 0 unspecified atom stereocenters. The van der Waals surface area contributed by atoms with Gasteiger partial charge >= 0.3 is 0 Å². The lowest BCUT2D eigenvalue weighted by Crippen LogP contribution is -2.55. The maximum absolute atomic E-state index is 10.5. The molecule has 0 N–H and O–H groups in total. The van der Waals surface area contributed by atoms with Gasteiger partial charge in [0.05, 0.1) is 6.26 Å². The number of hydrogen-bond donors (Lipinski definition) is 0. The molecule has 0 radical (unpaired) electrons. The zero-order valence-electron chi connectivity index (χ0n) is 6.34. The summed E-state index contributed by atoms with van der Waals surface area (Å²) in [6.45, 7) is 0.0557. The second kappa shape index (κ2) is 2.87. The van der Waals surface area contributed by atoms with Gasteiger partial charge in [-0.3, -0.25) is 4.18 Å². The average molecular weight is 196 g/mol. The minimum atomic E-state index is -3.48. The van der Waals surface area contributed by atoms with Crippen LogP contribution in [0.15, 0.2) is 0 Å². The predicted molar refractivity (Wildman–Crippen MR) is 38.3 cm³/mol. The van der Waals surface area contributed by atoms with E-state index in [4.69, 9.17) is 0 Å². The normalized spacial score (nSPS) is 18.9. The molecule has 1 aliphatic rings. The van der Waals surface area contributed by atoms with Crippen LogP contribution in [0.2, 0.25) is 0 Å². The van der Waals surface area contributed by atoms with Gasteiger partial charge in [0.15, 0.2) is 5.03 Å². The van der Waals surface area contributed by atoms with E-state index in [-0.39, 0.29) is 13.1 Å². The van der Waals surface area contributed by atoms with E-state index in [1.54, 1.807) is 0 Å². The fourth-order valence-corrected chi connectivity index (χ4v) is 1.47. The summed E-state index contributed by atoms with van der Waals surface area (Å²) in [6, 6.07) is 0. The summed E-state index contributed by atoms with van der Waals surface area (Å²) in [5, 5.41) is 10.3. The monoisotopic (exact) mass is 196 g/mol. The quantitative estimate of drug-likeness (QED) is 0.321. The van der Waals surface area contributed by atoms with Crippen LogP contribution in [-0.2, 0) is 14.3 Å². The molecule has 0 amide bonds. The van der Waals surface area contributed by atoms with Gasteiger partial charge in [-0.2, -0.15) is 8.42 Å². The van der Waals surface area contributed by atoms with Crippen molar-refractivity contribution in [3.63, 3.8) is 0 Å². The van der Waals surface area contributed by atoms with Gasteiger partial charge in [-0.05, 0) is 0 Å². The maximum Gasteiger partial charge on any atom is 0.264 e. The molecule has 70 valence electrons. The number of nitro groups is 1. The van der Waals surface area contributed by atoms with Crippen molar-refractivity contribution in [2.45, 2.75) is 6.10 Å². The Morgan fingerprint density at radius 1 is 1.58 bits per heavy atom. The Bertz CT molecular complexity index is 280. The molecule has 0 aromatic carbocycles. The first-order valence-corrected chi connectivity index (χ1v) is 4.97. The molecule has 8 heteroatoms. The molecule has 1 aliphatic heterocycles. The second-order valence-corrected chi connectivity index (χ2v) is 4.13. The lowest BCUT2D eigenvalue weighted by molar-refractivity contribution is -0.673. The minimum absolute atomic E-state index is 0.0278. The minimum Gasteiger partial charge on any atom is -0.263 e. The third-order valence-corrected chi connectivity index (χ3v) is 1.99. The smallest absolute Gasteiger partial charge is 0.263 e. The first-order valence-electron chi connectivity index (χ1n) is 3.16. The molecule has 0 aromatic heterocycles. The number of hydrogen-bond acceptors (Lipinski definition) is 5. The van der Waals surface area contributed by atoms with Crippen LogP contribution in [0.4, 0.5) is 0 Å². The van der Waals surface area contributed by atoms with Crippen LogP contribution >= 0.6 is 0 Å². The summed E-state index contributed by atoms with van der Waals surface area (Å²) in [5.74, 6) is 0. The first-order chi connectivity index (χ1) is 5.38. The van der Waals surface area contributed by atoms with E-state index in [1.807, 2.05) is 0 Å². The van der Waals surface area contributed by atoms with Gasteiger partial charge in [0.2, 0.25) is 0 Å². The van der Waals surface area contributed by atoms with Crippen molar-refractivity contribution in [2.75, 3.05) is 19.3 Å². The van der Waals surface area contributed by atoms with Crippen molar-refractivity contribution in [2.24, 2.45) is 0 Å². The molecule has 1 heterocycles. The molecule has 7 nitrogen and oxygen atoms in total. The van der Waals surface area contributed by atoms with E-state index < -0.39 is 21.3 Å². The number of hydrazine groups is 1. The van der Waals surface area contributed by atoms with Gasteiger partial charge in [-0.15, -0.1) is 5.01 Å². The summed E-state index contributed by atoms with van der Waals surface area (Å²) in [7, 11) is -3.48. The summed E-state index contributed by atoms with van der Waals surface area (Å²) < 4.78 is 25.5. The van der Waals surface area contributed by atoms with Gasteiger partial charge in [0, 0.05) is 0 Å². The highest BCUT2D eigenvalue weighted by atomic mass is 32.2. The zero-order chi connectivity index (χ0) is 9.35. The van der Waals surface area contributed by atoms with Crippen LogP contribution < -0.4 is 0 Å². The van der Waals surface area contributed by atoms with Gasteiger partial charge in [0.1, 0.15) is 19.2 Å². The van der Waals surface area contributed by atoms with Crippen LogP contribution in [0.5, 0.6) is 0 Å². The summed E-state index contributed by atoms with van der Waals surface area (Å²) >= 11 is 0. The molecule has 0 spiro atoms. The van der Waals surface area contributed by atoms with E-state index >= 15 is 0 Å². The lowest BCUT2D eigenvalue weighted by Gasteiger charge is -2.30. The van der Waals surface area contributed by atoms with Crippen LogP contribution in [0.25, 0.3) is 0 Å². The third-order valence-electron chi connectivity index (χ3n) is 1.37. The molecular formula is C4H8N2O5S. The lowest BCUT2D eigenvalue weighted by atomic mass is 10.2. The van der Waals surface area contributed by atoms with E-state index in [1.165, 1.54) is 0 Å². The van der Waals surface area contributed by atoms with Gasteiger partial charge in [-0.1, -0.05) is 0 Å². The second-order valence-electron chi connectivity index (χ2n) is 2.53. The molecule has 0 atom stereocenters. The molecule has 1 rings (SSSR count). The van der Waals surface area contributed by atoms with Crippen LogP contribution in [0.3, 0.4) is 0 Å². The van der Waals surface area contributed by atoms with Crippen molar-refractivity contribution in [3.05, 3.63) is 10.1 Å². The topological polar surface area (TPSA) is 89.8 Å². The van der Waals surface area contributed by atoms with Crippen molar-refractivity contribution >= 4 is 10.1 Å². The number of rotatable bonds is 3. The van der Waals surface area contributed by atoms with E-state index in [9.17, 15) is 18.5 Å². The fraction of sp³-hybridized carbons (Fsp3) is 1.00. The van der Waals surface area contributed by atoms with E-state index in [2.05, 4.69) is 4.18 Å². The Morgan fingerprint density at radius 3 is 2.42 bits per heavy atom. The van der Waals surface area contributed by atoms with Crippen molar-refractivity contribution < 1.29 is 17.6 Å². The third kappa shape index (κ3) is 2.31. The summed E-state index contributed by atoms with van der Waals surface area (Å²) in [6.07, 6.45) is 0.354. The Balaban J connectivity index is 2.32. The van der Waals surface area contributed by atoms with Gasteiger partial charge in [0.25, 0.3) is 10.1 Å². The SMILES string of the molecule is CS(=O)(=O)OC1CN([N+](=O)[O-])C1. The van der Waals surface area contributed by atoms with Gasteiger partial charge < -0.3 is 0 Å². The zero-order valence-corrected chi connectivity index (χ0v) is 7.15. The van der Waals surface area contributed by atoms with Gasteiger partial charge in [-0.25, -0.2) is 10.1 Å². The molecule has 0 saturated carbocycles. The number of nitrogens with zero attached hydrogens (tertiary/aromatic N) is 2. The molecule has 1 fully saturated rings. The molecule has 1 saturated heterocycles. The highest BCUT2D eigenvalue weighted by Crippen LogP contribution is 2.12. The van der Waals surface area contributed by atoms with Crippen molar-refractivity contribution in [1.82, 2.24) is 5.01 Å². The molecule has 12 heavy (non-hydrogen) atoms. The molecular weight excluding hydrogens is 188 g/mol. The standard InChI is InChI=1S/C4H8N2O5S/c1-12(9,10)11-4-2-5(3-4)6(7)8/h4H,2-3H2,1H3.